The molecule has 0 saturated heterocycles. The fraction of sp³-hybridized carbons (Fsp3) is 0.500. The van der Waals surface area contributed by atoms with Crippen molar-refractivity contribution >= 4 is 11.8 Å². The average molecular weight is 238 g/mol. The predicted molar refractivity (Wildman–Crippen MR) is 63.0 cm³/mol. The molecule has 0 bridgehead atoms. The minimum absolute atomic E-state index is 0.293. The molecule has 5 heteroatoms. The van der Waals surface area contributed by atoms with Crippen LogP contribution in [0.15, 0.2) is 16.5 Å². The van der Waals surface area contributed by atoms with Gasteiger partial charge in [0.05, 0.1) is 0 Å². The predicted octanol–water partition coefficient (Wildman–Crippen LogP) is 0.896. The highest BCUT2D eigenvalue weighted by molar-refractivity contribution is 5.73. The van der Waals surface area contributed by atoms with Crippen molar-refractivity contribution in [1.82, 2.24) is 0 Å². The van der Waals surface area contributed by atoms with Crippen LogP contribution >= 0.6 is 0 Å². The molecule has 2 amide bonds. The molecule has 0 saturated carbocycles. The van der Waals surface area contributed by atoms with Gasteiger partial charge in [-0.2, -0.15) is 0 Å². The minimum Gasteiger partial charge on any atom is -0.466 e. The van der Waals surface area contributed by atoms with Gasteiger partial charge < -0.3 is 15.9 Å². The van der Waals surface area contributed by atoms with Gasteiger partial charge in [0, 0.05) is 25.7 Å². The monoisotopic (exact) mass is 238 g/mol. The first-order chi connectivity index (χ1) is 8.08. The third kappa shape index (κ3) is 5.75. The van der Waals surface area contributed by atoms with E-state index in [-0.39, 0.29) is 11.8 Å². The van der Waals surface area contributed by atoms with Gasteiger partial charge >= 0.3 is 0 Å². The molecule has 1 aromatic rings. The van der Waals surface area contributed by atoms with E-state index in [1.165, 1.54) is 0 Å². The summed E-state index contributed by atoms with van der Waals surface area (Å²) < 4.78 is 5.54. The Labute approximate surface area is 100 Å². The van der Waals surface area contributed by atoms with Crippen molar-refractivity contribution in [3.05, 3.63) is 23.7 Å². The summed E-state index contributed by atoms with van der Waals surface area (Å²) in [6.07, 6.45) is 3.56. The first-order valence-electron chi connectivity index (χ1n) is 5.72. The number of hydrogen-bond donors (Lipinski definition) is 2. The molecular weight excluding hydrogens is 220 g/mol. The fourth-order valence-electron chi connectivity index (χ4n) is 1.56. The van der Waals surface area contributed by atoms with Crippen molar-refractivity contribution in [3.63, 3.8) is 0 Å². The molecule has 0 spiro atoms. The molecular formula is C12H18N2O3. The van der Waals surface area contributed by atoms with Crippen LogP contribution in [0.4, 0.5) is 0 Å². The van der Waals surface area contributed by atoms with Crippen molar-refractivity contribution in [1.29, 1.82) is 0 Å². The van der Waals surface area contributed by atoms with E-state index in [1.807, 2.05) is 12.1 Å². The maximum Gasteiger partial charge on any atom is 0.217 e. The SMILES string of the molecule is NC(=O)CCCc1ccc(CCCC(N)=O)o1. The van der Waals surface area contributed by atoms with Gasteiger partial charge in [0.25, 0.3) is 0 Å². The zero-order chi connectivity index (χ0) is 12.7. The maximum absolute atomic E-state index is 10.5. The highest BCUT2D eigenvalue weighted by Gasteiger charge is 2.04. The zero-order valence-corrected chi connectivity index (χ0v) is 9.78. The maximum atomic E-state index is 10.5. The third-order valence-electron chi connectivity index (χ3n) is 2.41. The molecule has 0 fully saturated rings. The second-order valence-corrected chi connectivity index (χ2v) is 4.01. The van der Waals surface area contributed by atoms with E-state index in [0.29, 0.717) is 38.5 Å². The standard InChI is InChI=1S/C12H18N2O3/c13-11(15)5-1-3-9-7-8-10(17-9)4-2-6-12(14)16/h7-8H,1-6H2,(H2,13,15)(H2,14,16). The van der Waals surface area contributed by atoms with Crippen LogP contribution in [-0.4, -0.2) is 11.8 Å². The number of furan rings is 1. The summed E-state index contributed by atoms with van der Waals surface area (Å²) >= 11 is 0. The Kier molecular flexibility index (Phi) is 5.26. The number of aryl methyl sites for hydroxylation is 2. The Morgan fingerprint density at radius 3 is 1.71 bits per heavy atom. The fourth-order valence-corrected chi connectivity index (χ4v) is 1.56. The van der Waals surface area contributed by atoms with E-state index < -0.39 is 0 Å². The van der Waals surface area contributed by atoms with E-state index in [2.05, 4.69) is 0 Å². The van der Waals surface area contributed by atoms with Gasteiger partial charge in [-0.1, -0.05) is 0 Å². The molecule has 4 N–H and O–H groups in total. The Morgan fingerprint density at radius 2 is 1.35 bits per heavy atom. The Morgan fingerprint density at radius 1 is 0.941 bits per heavy atom. The smallest absolute Gasteiger partial charge is 0.217 e. The van der Waals surface area contributed by atoms with Crippen molar-refractivity contribution in [2.24, 2.45) is 11.5 Å². The summed E-state index contributed by atoms with van der Waals surface area (Å²) in [5.41, 5.74) is 10.1. The van der Waals surface area contributed by atoms with Crippen molar-refractivity contribution in [2.75, 3.05) is 0 Å². The number of amides is 2. The molecule has 0 radical (unpaired) electrons. The van der Waals surface area contributed by atoms with E-state index in [0.717, 1.165) is 11.5 Å². The number of nitrogens with two attached hydrogens (primary N) is 2. The molecule has 1 rings (SSSR count). The summed E-state index contributed by atoms with van der Waals surface area (Å²) in [7, 11) is 0. The van der Waals surface area contributed by atoms with Crippen LogP contribution in [-0.2, 0) is 22.4 Å². The molecule has 1 aromatic heterocycles. The Hall–Kier alpha value is -1.78. The molecule has 0 aliphatic rings. The highest BCUT2D eigenvalue weighted by Crippen LogP contribution is 2.13. The van der Waals surface area contributed by atoms with Crippen LogP contribution in [0.2, 0.25) is 0 Å². The molecule has 0 aliphatic heterocycles. The second-order valence-electron chi connectivity index (χ2n) is 4.01. The number of carbonyl (C=O) groups excluding carboxylic acids is 2. The molecule has 5 nitrogen and oxygen atoms in total. The van der Waals surface area contributed by atoms with Crippen molar-refractivity contribution in [3.8, 4) is 0 Å². The number of hydrogen-bond acceptors (Lipinski definition) is 3. The first kappa shape index (κ1) is 13.3. The van der Waals surface area contributed by atoms with E-state index in [1.54, 1.807) is 0 Å². The molecule has 0 aromatic carbocycles. The van der Waals surface area contributed by atoms with Gasteiger partial charge in [-0.3, -0.25) is 9.59 Å². The zero-order valence-electron chi connectivity index (χ0n) is 9.78. The van der Waals surface area contributed by atoms with Crippen molar-refractivity contribution < 1.29 is 14.0 Å². The van der Waals surface area contributed by atoms with Gasteiger partial charge in [0.1, 0.15) is 11.5 Å². The van der Waals surface area contributed by atoms with Crippen LogP contribution in [0.3, 0.4) is 0 Å². The van der Waals surface area contributed by atoms with Gasteiger partial charge in [-0.15, -0.1) is 0 Å². The summed E-state index contributed by atoms with van der Waals surface area (Å²) in [6.45, 7) is 0. The summed E-state index contributed by atoms with van der Waals surface area (Å²) in [4.78, 5) is 21.1. The van der Waals surface area contributed by atoms with Crippen LogP contribution in [0.5, 0.6) is 0 Å². The van der Waals surface area contributed by atoms with E-state index >= 15 is 0 Å². The Balaban J connectivity index is 2.27. The van der Waals surface area contributed by atoms with Gasteiger partial charge in [0.15, 0.2) is 0 Å². The van der Waals surface area contributed by atoms with Gasteiger partial charge in [-0.05, 0) is 25.0 Å². The topological polar surface area (TPSA) is 99.3 Å². The normalized spacial score (nSPS) is 10.4. The van der Waals surface area contributed by atoms with Gasteiger partial charge in [-0.25, -0.2) is 0 Å². The Bertz CT molecular complexity index is 350. The lowest BCUT2D eigenvalue weighted by Crippen LogP contribution is -2.10. The van der Waals surface area contributed by atoms with Crippen LogP contribution in [0.25, 0.3) is 0 Å². The molecule has 17 heavy (non-hydrogen) atoms. The third-order valence-corrected chi connectivity index (χ3v) is 2.41. The largest absolute Gasteiger partial charge is 0.466 e. The number of rotatable bonds is 8. The summed E-state index contributed by atoms with van der Waals surface area (Å²) in [5, 5.41) is 0. The lowest BCUT2D eigenvalue weighted by Gasteiger charge is -1.97. The molecule has 94 valence electrons. The van der Waals surface area contributed by atoms with Crippen LogP contribution < -0.4 is 11.5 Å². The molecule has 0 atom stereocenters. The first-order valence-corrected chi connectivity index (χ1v) is 5.72. The van der Waals surface area contributed by atoms with Gasteiger partial charge in [0.2, 0.25) is 11.8 Å². The highest BCUT2D eigenvalue weighted by atomic mass is 16.3. The van der Waals surface area contributed by atoms with Crippen molar-refractivity contribution in [2.45, 2.75) is 38.5 Å². The molecule has 0 unspecified atom stereocenters. The second kappa shape index (κ2) is 6.73. The van der Waals surface area contributed by atoms with E-state index in [4.69, 9.17) is 15.9 Å². The molecule has 0 aliphatic carbocycles. The molecule has 1 heterocycles. The number of carbonyl (C=O) groups is 2. The van der Waals surface area contributed by atoms with Crippen LogP contribution in [0.1, 0.15) is 37.2 Å². The van der Waals surface area contributed by atoms with Crippen LogP contribution in [0, 0.1) is 0 Å². The number of primary amides is 2. The summed E-state index contributed by atoms with van der Waals surface area (Å²) in [6, 6.07) is 3.78. The summed E-state index contributed by atoms with van der Waals surface area (Å²) in [5.74, 6) is 1.11. The quantitative estimate of drug-likeness (QED) is 0.703. The minimum atomic E-state index is -0.293. The lowest BCUT2D eigenvalue weighted by molar-refractivity contribution is -0.118. The lowest BCUT2D eigenvalue weighted by atomic mass is 10.2. The average Bonchev–Trinajstić information content (AvgIpc) is 2.65. The van der Waals surface area contributed by atoms with E-state index in [9.17, 15) is 9.59 Å².